The van der Waals surface area contributed by atoms with Crippen LogP contribution in [0.5, 0.6) is 5.75 Å². The first-order valence-corrected chi connectivity index (χ1v) is 11.9. The number of aliphatic hydroxyl groups excluding tert-OH is 1. The molecule has 2 aromatic rings. The second kappa shape index (κ2) is 11.0. The Hall–Kier alpha value is -2.60. The van der Waals surface area contributed by atoms with Crippen LogP contribution in [0.1, 0.15) is 59.8 Å². The van der Waals surface area contributed by atoms with Gasteiger partial charge >= 0.3 is 5.63 Å². The molecule has 6 nitrogen and oxygen atoms in total. The summed E-state index contributed by atoms with van der Waals surface area (Å²) >= 11 is 0. The number of amides is 1. The molecule has 2 N–H and O–H groups in total. The van der Waals surface area contributed by atoms with Crippen molar-refractivity contribution in [3.8, 4) is 5.75 Å². The molecule has 1 heterocycles. The monoisotopic (exact) mass is 455 g/mol. The largest absolute Gasteiger partial charge is 0.493 e. The number of hydrogen-bond acceptors (Lipinski definition) is 5. The molecule has 0 aliphatic heterocycles. The van der Waals surface area contributed by atoms with Gasteiger partial charge in [0.25, 0.3) is 0 Å². The van der Waals surface area contributed by atoms with Crippen molar-refractivity contribution in [2.24, 2.45) is 17.3 Å². The molecule has 1 aliphatic rings. The van der Waals surface area contributed by atoms with Gasteiger partial charge in [-0.05, 0) is 69.6 Å². The number of carbonyl (C=O) groups is 1. The van der Waals surface area contributed by atoms with Crippen LogP contribution in [0.25, 0.3) is 11.0 Å². The number of ether oxygens (including phenoxy) is 1. The molecule has 1 amide bonds. The summed E-state index contributed by atoms with van der Waals surface area (Å²) in [7, 11) is 0. The molecule has 0 spiro atoms. The maximum Gasteiger partial charge on any atom is 0.336 e. The van der Waals surface area contributed by atoms with Gasteiger partial charge in [-0.15, -0.1) is 0 Å². The van der Waals surface area contributed by atoms with E-state index in [1.165, 1.54) is 17.2 Å². The second-order valence-electron chi connectivity index (χ2n) is 9.73. The molecule has 0 radical (unpaired) electrons. The Morgan fingerprint density at radius 1 is 1.27 bits per heavy atom. The molecule has 3 rings (SSSR count). The van der Waals surface area contributed by atoms with Crippen LogP contribution in [0, 0.1) is 17.3 Å². The lowest BCUT2D eigenvalue weighted by Crippen LogP contribution is -2.44. The molecule has 3 atom stereocenters. The van der Waals surface area contributed by atoms with Crippen molar-refractivity contribution < 1.29 is 19.1 Å². The highest BCUT2D eigenvalue weighted by Crippen LogP contribution is 2.51. The lowest BCUT2D eigenvalue weighted by molar-refractivity contribution is -0.121. The Bertz CT molecular complexity index is 1050. The number of benzene rings is 1. The molecule has 6 heteroatoms. The fourth-order valence-corrected chi connectivity index (χ4v) is 5.00. The molecule has 1 aromatic heterocycles. The zero-order valence-corrected chi connectivity index (χ0v) is 20.3. The standard InChI is InChI=1S/C27H37NO5/c1-18(2)22-10-6-19(3)27(4,23(22)11-12-25(30)28-14-5-15-29)17-32-21-9-7-20-8-13-26(31)33-24(20)16-21/h7-9,13,16,19,23,29H,5-6,10-12,14-15,17H2,1-4H3,(H,28,30)/t19-,23-,27-/m0/s1. The van der Waals surface area contributed by atoms with Crippen molar-refractivity contribution in [3.05, 3.63) is 51.9 Å². The van der Waals surface area contributed by atoms with E-state index in [1.54, 1.807) is 12.1 Å². The predicted octanol–water partition coefficient (Wildman–Crippen LogP) is 4.84. The number of hydrogen-bond donors (Lipinski definition) is 2. The molecule has 180 valence electrons. The Balaban J connectivity index is 1.78. The fourth-order valence-electron chi connectivity index (χ4n) is 5.00. The van der Waals surface area contributed by atoms with Gasteiger partial charge in [0.05, 0.1) is 6.61 Å². The van der Waals surface area contributed by atoms with E-state index in [0.717, 1.165) is 24.6 Å². The molecular formula is C27H37NO5. The minimum absolute atomic E-state index is 0.0302. The molecule has 0 bridgehead atoms. The van der Waals surface area contributed by atoms with Gasteiger partial charge in [0.2, 0.25) is 5.91 Å². The number of allylic oxidation sites excluding steroid dienone is 2. The van der Waals surface area contributed by atoms with E-state index in [0.29, 0.717) is 43.2 Å². The van der Waals surface area contributed by atoms with E-state index in [-0.39, 0.29) is 29.5 Å². The molecule has 1 aromatic carbocycles. The third kappa shape index (κ3) is 6.05. The maximum atomic E-state index is 12.4. The van der Waals surface area contributed by atoms with E-state index in [1.807, 2.05) is 12.1 Å². The van der Waals surface area contributed by atoms with Crippen molar-refractivity contribution in [1.29, 1.82) is 0 Å². The summed E-state index contributed by atoms with van der Waals surface area (Å²) in [5.74, 6) is 1.38. The normalized spacial score (nSPS) is 22.9. The SMILES string of the molecule is CC(C)=C1CC[C@H](C)[C@](C)(COc2ccc3ccc(=O)oc3c2)[C@H]1CCC(=O)NCCCO. The van der Waals surface area contributed by atoms with E-state index in [9.17, 15) is 9.59 Å². The molecule has 0 saturated heterocycles. The van der Waals surface area contributed by atoms with Gasteiger partial charge in [0.1, 0.15) is 11.3 Å². The minimum Gasteiger partial charge on any atom is -0.493 e. The van der Waals surface area contributed by atoms with Gasteiger partial charge in [-0.25, -0.2) is 4.79 Å². The Kier molecular flexibility index (Phi) is 8.35. The third-order valence-electron chi connectivity index (χ3n) is 7.29. The van der Waals surface area contributed by atoms with Crippen molar-refractivity contribution in [2.45, 2.75) is 59.8 Å². The zero-order valence-electron chi connectivity index (χ0n) is 20.3. The lowest BCUT2D eigenvalue weighted by Gasteiger charge is -2.48. The van der Waals surface area contributed by atoms with E-state index >= 15 is 0 Å². The molecule has 1 fully saturated rings. The molecule has 33 heavy (non-hydrogen) atoms. The van der Waals surface area contributed by atoms with E-state index in [4.69, 9.17) is 14.3 Å². The van der Waals surface area contributed by atoms with Crippen LogP contribution in [-0.4, -0.2) is 30.8 Å². The Labute approximate surface area is 196 Å². The number of rotatable bonds is 9. The summed E-state index contributed by atoms with van der Waals surface area (Å²) in [5, 5.41) is 12.7. The first kappa shape index (κ1) is 25.0. The fraction of sp³-hybridized carbons (Fsp3) is 0.556. The third-order valence-corrected chi connectivity index (χ3v) is 7.29. The number of fused-ring (bicyclic) bond motifs is 1. The zero-order chi connectivity index (χ0) is 24.0. The van der Waals surface area contributed by atoms with Crippen molar-refractivity contribution in [1.82, 2.24) is 5.32 Å². The summed E-state index contributed by atoms with van der Waals surface area (Å²) in [4.78, 5) is 24.0. The van der Waals surface area contributed by atoms with Crippen LogP contribution in [0.2, 0.25) is 0 Å². The summed E-state index contributed by atoms with van der Waals surface area (Å²) in [6.07, 6.45) is 3.94. The maximum absolute atomic E-state index is 12.4. The quantitative estimate of drug-likeness (QED) is 0.321. The van der Waals surface area contributed by atoms with Crippen LogP contribution in [0.4, 0.5) is 0 Å². The van der Waals surface area contributed by atoms with Gasteiger partial charge in [0.15, 0.2) is 0 Å². The Morgan fingerprint density at radius 2 is 2.03 bits per heavy atom. The Morgan fingerprint density at radius 3 is 2.76 bits per heavy atom. The average Bonchev–Trinajstić information content (AvgIpc) is 2.78. The van der Waals surface area contributed by atoms with Crippen molar-refractivity contribution >= 4 is 16.9 Å². The summed E-state index contributed by atoms with van der Waals surface area (Å²) in [6, 6.07) is 8.75. The molecule has 0 unspecified atom stereocenters. The first-order valence-electron chi connectivity index (χ1n) is 11.9. The number of aliphatic hydroxyl groups is 1. The van der Waals surface area contributed by atoms with Crippen LogP contribution in [0.3, 0.4) is 0 Å². The van der Waals surface area contributed by atoms with Crippen molar-refractivity contribution in [3.63, 3.8) is 0 Å². The lowest BCUT2D eigenvalue weighted by atomic mass is 9.58. The predicted molar refractivity (Wildman–Crippen MR) is 130 cm³/mol. The van der Waals surface area contributed by atoms with Gasteiger partial charge in [-0.3, -0.25) is 4.79 Å². The van der Waals surface area contributed by atoms with Gasteiger partial charge < -0.3 is 19.6 Å². The smallest absolute Gasteiger partial charge is 0.336 e. The summed E-state index contributed by atoms with van der Waals surface area (Å²) in [6.45, 7) is 9.97. The first-order chi connectivity index (χ1) is 15.7. The van der Waals surface area contributed by atoms with Crippen LogP contribution >= 0.6 is 0 Å². The van der Waals surface area contributed by atoms with Gasteiger partial charge in [0, 0.05) is 42.5 Å². The van der Waals surface area contributed by atoms with E-state index in [2.05, 4.69) is 33.0 Å². The molecule has 1 saturated carbocycles. The molecular weight excluding hydrogens is 418 g/mol. The summed E-state index contributed by atoms with van der Waals surface area (Å²) in [5.41, 5.74) is 2.77. The average molecular weight is 456 g/mol. The van der Waals surface area contributed by atoms with Gasteiger partial charge in [-0.2, -0.15) is 0 Å². The molecule has 1 aliphatic carbocycles. The number of carbonyl (C=O) groups excluding carboxylic acids is 1. The summed E-state index contributed by atoms with van der Waals surface area (Å²) < 4.78 is 11.6. The second-order valence-corrected chi connectivity index (χ2v) is 9.73. The number of nitrogens with one attached hydrogen (secondary N) is 1. The van der Waals surface area contributed by atoms with E-state index < -0.39 is 0 Å². The highest BCUT2D eigenvalue weighted by molar-refractivity contribution is 5.77. The van der Waals surface area contributed by atoms with Crippen molar-refractivity contribution in [2.75, 3.05) is 19.8 Å². The highest BCUT2D eigenvalue weighted by Gasteiger charge is 2.45. The van der Waals surface area contributed by atoms with Crippen LogP contribution in [-0.2, 0) is 4.79 Å². The topological polar surface area (TPSA) is 88.8 Å². The van der Waals surface area contributed by atoms with Gasteiger partial charge in [-0.1, -0.05) is 25.0 Å². The minimum atomic E-state index is -0.377. The van der Waals surface area contributed by atoms with Crippen LogP contribution in [0.15, 0.2) is 50.7 Å². The van der Waals surface area contributed by atoms with Crippen LogP contribution < -0.4 is 15.7 Å². The highest BCUT2D eigenvalue weighted by atomic mass is 16.5.